The highest BCUT2D eigenvalue weighted by atomic mass is 79.9. The van der Waals surface area contributed by atoms with Gasteiger partial charge in [-0.2, -0.15) is 5.26 Å². The zero-order valence-corrected chi connectivity index (χ0v) is 18.7. The Morgan fingerprint density at radius 3 is 2.89 bits per heavy atom. The predicted octanol–water partition coefficient (Wildman–Crippen LogP) is 5.18. The Hall–Kier alpha value is -1.95. The van der Waals surface area contributed by atoms with Crippen molar-refractivity contribution in [3.63, 3.8) is 0 Å². The van der Waals surface area contributed by atoms with Gasteiger partial charge in [-0.15, -0.1) is 11.3 Å². The molecule has 1 aromatic carbocycles. The summed E-state index contributed by atoms with van der Waals surface area (Å²) in [7, 11) is 0. The van der Waals surface area contributed by atoms with Gasteiger partial charge in [0, 0.05) is 10.4 Å². The minimum absolute atomic E-state index is 0.183. The van der Waals surface area contributed by atoms with Crippen LogP contribution in [-0.2, 0) is 12.8 Å². The van der Waals surface area contributed by atoms with Gasteiger partial charge in [0.1, 0.15) is 16.8 Å². The lowest BCUT2D eigenvalue weighted by atomic mass is 9.96. The Balaban J connectivity index is 1.67. The molecule has 5 nitrogen and oxygen atoms in total. The lowest BCUT2D eigenvalue weighted by molar-refractivity contribution is 0.0977. The normalized spacial score (nSPS) is 12.6. The number of nitriles is 1. The molecule has 0 aliphatic heterocycles. The Morgan fingerprint density at radius 1 is 1.39 bits per heavy atom. The summed E-state index contributed by atoms with van der Waals surface area (Å²) < 4.78 is 6.31. The molecule has 0 spiro atoms. The van der Waals surface area contributed by atoms with Crippen LogP contribution >= 0.6 is 39.5 Å². The third-order valence-corrected chi connectivity index (χ3v) is 6.42. The van der Waals surface area contributed by atoms with Crippen molar-refractivity contribution in [3.05, 3.63) is 44.2 Å². The van der Waals surface area contributed by atoms with E-state index in [0.29, 0.717) is 33.0 Å². The van der Waals surface area contributed by atoms with Crippen molar-refractivity contribution in [1.82, 2.24) is 5.32 Å². The number of halogens is 1. The number of aryl methyl sites for hydroxylation is 1. The van der Waals surface area contributed by atoms with Gasteiger partial charge in [0.2, 0.25) is 0 Å². The summed E-state index contributed by atoms with van der Waals surface area (Å²) in [6.07, 6.45) is 5.08. The lowest BCUT2D eigenvalue weighted by Crippen LogP contribution is -2.34. The molecule has 1 heterocycles. The molecule has 1 aromatic heterocycles. The third-order valence-electron chi connectivity index (χ3n) is 4.39. The van der Waals surface area contributed by atoms with Crippen molar-refractivity contribution >= 4 is 55.5 Å². The topological polar surface area (TPSA) is 74.2 Å². The number of benzene rings is 1. The summed E-state index contributed by atoms with van der Waals surface area (Å²) in [4.78, 5) is 13.8. The summed E-state index contributed by atoms with van der Waals surface area (Å²) >= 11 is 10.3. The highest BCUT2D eigenvalue weighted by molar-refractivity contribution is 9.10. The van der Waals surface area contributed by atoms with Gasteiger partial charge >= 0.3 is 0 Å². The molecule has 28 heavy (non-hydrogen) atoms. The van der Waals surface area contributed by atoms with Crippen molar-refractivity contribution in [2.75, 3.05) is 11.9 Å². The number of nitrogens with one attached hydrogen (secondary N) is 2. The molecule has 0 saturated heterocycles. The number of hydrogen-bond acceptors (Lipinski definition) is 5. The summed E-state index contributed by atoms with van der Waals surface area (Å²) in [6, 6.07) is 7.43. The highest BCUT2D eigenvalue weighted by Gasteiger charge is 2.21. The largest absolute Gasteiger partial charge is 0.492 e. The summed E-state index contributed by atoms with van der Waals surface area (Å²) in [5.74, 6) is 0.377. The van der Waals surface area contributed by atoms with Crippen LogP contribution < -0.4 is 15.4 Å². The minimum Gasteiger partial charge on any atom is -0.492 e. The third kappa shape index (κ3) is 4.72. The molecule has 1 aliphatic rings. The number of ether oxygens (including phenoxy) is 1. The first-order valence-corrected chi connectivity index (χ1v) is 11.1. The van der Waals surface area contributed by atoms with Crippen LogP contribution in [-0.4, -0.2) is 17.6 Å². The van der Waals surface area contributed by atoms with E-state index in [1.807, 2.05) is 6.92 Å². The van der Waals surface area contributed by atoms with E-state index in [1.165, 1.54) is 4.88 Å². The monoisotopic (exact) mass is 477 g/mol. The molecule has 2 aromatic rings. The van der Waals surface area contributed by atoms with E-state index in [9.17, 15) is 10.1 Å². The number of nitrogens with zero attached hydrogens (tertiary/aromatic N) is 1. The molecule has 1 amide bonds. The van der Waals surface area contributed by atoms with Crippen LogP contribution in [0.2, 0.25) is 0 Å². The van der Waals surface area contributed by atoms with E-state index in [-0.39, 0.29) is 11.0 Å². The number of carbonyl (C=O) groups excluding carboxylic acids is 1. The molecule has 0 saturated carbocycles. The molecular formula is C20H20BrN3O2S2. The van der Waals surface area contributed by atoms with Gasteiger partial charge < -0.3 is 10.1 Å². The zero-order valence-electron chi connectivity index (χ0n) is 15.4. The maximum Gasteiger partial charge on any atom is 0.257 e. The average Bonchev–Trinajstić information content (AvgIpc) is 3.03. The van der Waals surface area contributed by atoms with E-state index in [1.54, 1.807) is 29.5 Å². The van der Waals surface area contributed by atoms with E-state index >= 15 is 0 Å². The second-order valence-corrected chi connectivity index (χ2v) is 8.80. The molecule has 0 radical (unpaired) electrons. The first-order chi connectivity index (χ1) is 13.5. The highest BCUT2D eigenvalue weighted by Crippen LogP contribution is 2.37. The SMILES string of the molecule is CCCOc1ccc(C(=O)NC(=S)Nc2sc3c(c2C#N)CCCC3)cc1Br. The number of carbonyl (C=O) groups is 1. The molecule has 146 valence electrons. The van der Waals surface area contributed by atoms with Gasteiger partial charge in [0.15, 0.2) is 5.11 Å². The van der Waals surface area contributed by atoms with Crippen LogP contribution in [0.5, 0.6) is 5.75 Å². The average molecular weight is 478 g/mol. The van der Waals surface area contributed by atoms with Gasteiger partial charge in [-0.05, 0) is 84.0 Å². The number of thiocarbonyl (C=S) groups is 1. The van der Waals surface area contributed by atoms with E-state index < -0.39 is 0 Å². The van der Waals surface area contributed by atoms with Crippen LogP contribution in [0, 0.1) is 11.3 Å². The first kappa shape index (κ1) is 20.8. The van der Waals surface area contributed by atoms with Crippen molar-refractivity contribution in [2.24, 2.45) is 0 Å². The van der Waals surface area contributed by atoms with Crippen LogP contribution in [0.3, 0.4) is 0 Å². The maximum absolute atomic E-state index is 12.5. The molecule has 2 N–H and O–H groups in total. The Bertz CT molecular complexity index is 950. The molecular weight excluding hydrogens is 458 g/mol. The lowest BCUT2D eigenvalue weighted by Gasteiger charge is -2.11. The Kier molecular flexibility index (Phi) is 7.05. The van der Waals surface area contributed by atoms with Crippen molar-refractivity contribution < 1.29 is 9.53 Å². The van der Waals surface area contributed by atoms with Crippen molar-refractivity contribution in [1.29, 1.82) is 5.26 Å². The molecule has 3 rings (SSSR count). The van der Waals surface area contributed by atoms with Crippen LogP contribution in [0.1, 0.15) is 52.5 Å². The quantitative estimate of drug-likeness (QED) is 0.580. The second-order valence-electron chi connectivity index (χ2n) is 6.43. The second kappa shape index (κ2) is 9.50. The number of thiophene rings is 1. The molecule has 0 unspecified atom stereocenters. The van der Waals surface area contributed by atoms with Gasteiger partial charge in [0.25, 0.3) is 5.91 Å². The fourth-order valence-electron chi connectivity index (χ4n) is 3.05. The molecule has 0 atom stereocenters. The maximum atomic E-state index is 12.5. The number of fused-ring (bicyclic) bond motifs is 1. The van der Waals surface area contributed by atoms with Gasteiger partial charge in [-0.3, -0.25) is 10.1 Å². The van der Waals surface area contributed by atoms with Crippen LogP contribution in [0.4, 0.5) is 5.00 Å². The summed E-state index contributed by atoms with van der Waals surface area (Å²) in [6.45, 7) is 2.65. The van der Waals surface area contributed by atoms with Crippen molar-refractivity contribution in [2.45, 2.75) is 39.0 Å². The van der Waals surface area contributed by atoms with E-state index in [2.05, 4.69) is 32.6 Å². The summed E-state index contributed by atoms with van der Waals surface area (Å²) in [5, 5.41) is 16.1. The molecule has 1 aliphatic carbocycles. The molecule has 0 fully saturated rings. The van der Waals surface area contributed by atoms with Gasteiger partial charge in [-0.25, -0.2) is 0 Å². The van der Waals surface area contributed by atoms with E-state index in [4.69, 9.17) is 17.0 Å². The molecule has 8 heteroatoms. The van der Waals surface area contributed by atoms with Gasteiger partial charge in [-0.1, -0.05) is 6.92 Å². The Morgan fingerprint density at radius 2 is 2.18 bits per heavy atom. The standard InChI is InChI=1S/C20H20BrN3O2S2/c1-2-9-26-16-8-7-12(10-15(16)21)18(25)23-20(27)24-19-14(11-22)13-5-3-4-6-17(13)28-19/h7-8,10H,2-6,9H2,1H3,(H2,23,24,25,27). The van der Waals surface area contributed by atoms with Crippen LogP contribution in [0.15, 0.2) is 22.7 Å². The van der Waals surface area contributed by atoms with E-state index in [0.717, 1.165) is 37.7 Å². The smallest absolute Gasteiger partial charge is 0.257 e. The fourth-order valence-corrected chi connectivity index (χ4v) is 5.05. The number of anilines is 1. The molecule has 0 bridgehead atoms. The number of amides is 1. The van der Waals surface area contributed by atoms with Crippen molar-refractivity contribution in [3.8, 4) is 11.8 Å². The zero-order chi connectivity index (χ0) is 20.1. The fraction of sp³-hybridized carbons (Fsp3) is 0.350. The van der Waals surface area contributed by atoms with Gasteiger partial charge in [0.05, 0.1) is 16.6 Å². The first-order valence-electron chi connectivity index (χ1n) is 9.12. The minimum atomic E-state index is -0.319. The number of hydrogen-bond donors (Lipinski definition) is 2. The number of rotatable bonds is 5. The summed E-state index contributed by atoms with van der Waals surface area (Å²) in [5.41, 5.74) is 2.24. The predicted molar refractivity (Wildman–Crippen MR) is 119 cm³/mol. The van der Waals surface area contributed by atoms with Crippen LogP contribution in [0.25, 0.3) is 0 Å². The Labute approximate surface area is 182 Å².